The van der Waals surface area contributed by atoms with Crippen molar-refractivity contribution in [3.05, 3.63) is 47.5 Å². The van der Waals surface area contributed by atoms with Crippen molar-refractivity contribution in [1.82, 2.24) is 9.80 Å². The predicted molar refractivity (Wildman–Crippen MR) is 119 cm³/mol. The third kappa shape index (κ3) is 4.38. The molecule has 1 saturated heterocycles. The Morgan fingerprint density at radius 3 is 2.16 bits per heavy atom. The van der Waals surface area contributed by atoms with Crippen molar-refractivity contribution in [2.45, 2.75) is 33.1 Å². The molecule has 2 aliphatic rings. The van der Waals surface area contributed by atoms with Crippen LogP contribution in [-0.4, -0.2) is 59.7 Å². The second kappa shape index (κ2) is 9.10. The van der Waals surface area contributed by atoms with E-state index < -0.39 is 5.97 Å². The van der Waals surface area contributed by atoms with Gasteiger partial charge >= 0.3 is 5.97 Å². The van der Waals surface area contributed by atoms with E-state index in [-0.39, 0.29) is 43.7 Å². The van der Waals surface area contributed by atoms with Gasteiger partial charge in [0.2, 0.25) is 0 Å². The first kappa shape index (κ1) is 22.0. The SMILES string of the molecule is CC1CC(C)CN(C(=O)COC(=O)CCCN2C(=O)c3cccc4cccc(c34)C2=O)C1. The van der Waals surface area contributed by atoms with Crippen molar-refractivity contribution < 1.29 is 23.9 Å². The van der Waals surface area contributed by atoms with Crippen LogP contribution in [0.2, 0.25) is 0 Å². The molecule has 0 radical (unpaired) electrons. The number of imide groups is 1. The van der Waals surface area contributed by atoms with Gasteiger partial charge in [0, 0.05) is 42.6 Å². The van der Waals surface area contributed by atoms with Crippen LogP contribution in [0.25, 0.3) is 10.8 Å². The Morgan fingerprint density at radius 1 is 0.969 bits per heavy atom. The first-order chi connectivity index (χ1) is 15.3. The first-order valence-electron chi connectivity index (χ1n) is 11.2. The summed E-state index contributed by atoms with van der Waals surface area (Å²) in [6, 6.07) is 10.8. The minimum Gasteiger partial charge on any atom is -0.456 e. The lowest BCUT2D eigenvalue weighted by molar-refractivity contribution is -0.153. The van der Waals surface area contributed by atoms with Gasteiger partial charge in [-0.2, -0.15) is 0 Å². The van der Waals surface area contributed by atoms with E-state index >= 15 is 0 Å². The fourth-order valence-electron chi connectivity index (χ4n) is 4.84. The van der Waals surface area contributed by atoms with Crippen molar-refractivity contribution in [3.8, 4) is 0 Å². The largest absolute Gasteiger partial charge is 0.456 e. The molecule has 2 unspecified atom stereocenters. The summed E-state index contributed by atoms with van der Waals surface area (Å²) in [6.07, 6.45) is 1.40. The Kier molecular flexibility index (Phi) is 6.26. The van der Waals surface area contributed by atoms with Crippen LogP contribution in [0.15, 0.2) is 36.4 Å². The lowest BCUT2D eigenvalue weighted by atomic mass is 9.92. The molecule has 1 fully saturated rings. The summed E-state index contributed by atoms with van der Waals surface area (Å²) in [5.41, 5.74) is 0.992. The number of piperidine rings is 1. The smallest absolute Gasteiger partial charge is 0.306 e. The number of carbonyl (C=O) groups is 4. The molecule has 2 aliphatic heterocycles. The molecule has 2 atom stereocenters. The second-order valence-electron chi connectivity index (χ2n) is 8.98. The zero-order valence-corrected chi connectivity index (χ0v) is 18.5. The Morgan fingerprint density at radius 2 is 1.56 bits per heavy atom. The Hall–Kier alpha value is -3.22. The maximum absolute atomic E-state index is 12.9. The van der Waals surface area contributed by atoms with Crippen molar-refractivity contribution in [2.75, 3.05) is 26.2 Å². The van der Waals surface area contributed by atoms with E-state index in [2.05, 4.69) is 13.8 Å². The normalized spacial score (nSPS) is 20.6. The van der Waals surface area contributed by atoms with Gasteiger partial charge in [0.1, 0.15) is 0 Å². The highest BCUT2D eigenvalue weighted by molar-refractivity contribution is 6.25. The monoisotopic (exact) mass is 436 g/mol. The number of carbonyl (C=O) groups excluding carboxylic acids is 4. The molecule has 0 saturated carbocycles. The molecule has 0 bridgehead atoms. The molecular formula is C25H28N2O5. The summed E-state index contributed by atoms with van der Waals surface area (Å²) < 4.78 is 5.15. The average Bonchev–Trinajstić information content (AvgIpc) is 2.77. The highest BCUT2D eigenvalue weighted by Crippen LogP contribution is 2.30. The molecule has 4 rings (SSSR count). The third-order valence-corrected chi connectivity index (χ3v) is 6.20. The highest BCUT2D eigenvalue weighted by atomic mass is 16.5. The van der Waals surface area contributed by atoms with Crippen LogP contribution in [0.4, 0.5) is 0 Å². The molecule has 168 valence electrons. The van der Waals surface area contributed by atoms with Crippen LogP contribution >= 0.6 is 0 Å². The number of hydrogen-bond acceptors (Lipinski definition) is 5. The summed E-state index contributed by atoms with van der Waals surface area (Å²) >= 11 is 0. The van der Waals surface area contributed by atoms with Crippen LogP contribution in [0.1, 0.15) is 53.8 Å². The van der Waals surface area contributed by atoms with Gasteiger partial charge in [0.15, 0.2) is 6.61 Å². The molecule has 2 aromatic rings. The number of ether oxygens (including phenoxy) is 1. The van der Waals surface area contributed by atoms with E-state index in [1.165, 1.54) is 4.90 Å². The van der Waals surface area contributed by atoms with Gasteiger partial charge in [-0.3, -0.25) is 24.1 Å². The fraction of sp³-hybridized carbons (Fsp3) is 0.440. The maximum atomic E-state index is 12.9. The molecule has 7 nitrogen and oxygen atoms in total. The molecule has 2 aromatic carbocycles. The van der Waals surface area contributed by atoms with Crippen molar-refractivity contribution in [2.24, 2.45) is 11.8 Å². The molecule has 0 N–H and O–H groups in total. The van der Waals surface area contributed by atoms with E-state index in [0.29, 0.717) is 41.4 Å². The Labute approximate surface area is 187 Å². The number of amides is 3. The molecule has 0 spiro atoms. The van der Waals surface area contributed by atoms with E-state index in [9.17, 15) is 19.2 Å². The van der Waals surface area contributed by atoms with Gasteiger partial charge in [-0.05, 0) is 42.2 Å². The number of benzene rings is 2. The molecule has 7 heteroatoms. The molecule has 3 amide bonds. The summed E-state index contributed by atoms with van der Waals surface area (Å²) in [5.74, 6) is -0.505. The minimum atomic E-state index is -0.504. The lowest BCUT2D eigenvalue weighted by Gasteiger charge is -2.34. The number of nitrogens with zero attached hydrogens (tertiary/aromatic N) is 2. The van der Waals surface area contributed by atoms with E-state index in [1.54, 1.807) is 29.2 Å². The Bertz CT molecular complexity index is 1020. The van der Waals surface area contributed by atoms with E-state index in [1.807, 2.05) is 12.1 Å². The molecule has 32 heavy (non-hydrogen) atoms. The van der Waals surface area contributed by atoms with Crippen molar-refractivity contribution >= 4 is 34.5 Å². The van der Waals surface area contributed by atoms with Gasteiger partial charge in [0.05, 0.1) is 0 Å². The van der Waals surface area contributed by atoms with E-state index in [4.69, 9.17) is 4.74 Å². The van der Waals surface area contributed by atoms with E-state index in [0.717, 1.165) is 11.8 Å². The third-order valence-electron chi connectivity index (χ3n) is 6.20. The standard InChI is InChI=1S/C25H28N2O5/c1-16-12-17(2)14-26(13-16)21(28)15-32-22(29)10-5-11-27-24(30)19-8-3-6-18-7-4-9-20(23(18)19)25(27)31/h3-4,6-9,16-17H,5,10-15H2,1-2H3. The van der Waals surface area contributed by atoms with Crippen LogP contribution in [0, 0.1) is 11.8 Å². The zero-order valence-electron chi connectivity index (χ0n) is 18.5. The van der Waals surface area contributed by atoms with Gasteiger partial charge in [-0.1, -0.05) is 38.1 Å². The number of rotatable bonds is 6. The van der Waals surface area contributed by atoms with Crippen molar-refractivity contribution in [3.63, 3.8) is 0 Å². The topological polar surface area (TPSA) is 84.0 Å². The highest BCUT2D eigenvalue weighted by Gasteiger charge is 2.32. The average molecular weight is 437 g/mol. The van der Waals surface area contributed by atoms with Crippen LogP contribution in [-0.2, 0) is 14.3 Å². The lowest BCUT2D eigenvalue weighted by Crippen LogP contribution is -2.44. The predicted octanol–water partition coefficient (Wildman–Crippen LogP) is 3.26. The summed E-state index contributed by atoms with van der Waals surface area (Å²) in [7, 11) is 0. The van der Waals surface area contributed by atoms with Gasteiger partial charge in [-0.15, -0.1) is 0 Å². The van der Waals surface area contributed by atoms with Crippen LogP contribution < -0.4 is 0 Å². The molecular weight excluding hydrogens is 408 g/mol. The summed E-state index contributed by atoms with van der Waals surface area (Å²) in [6.45, 7) is 5.46. The first-order valence-corrected chi connectivity index (χ1v) is 11.2. The zero-order chi connectivity index (χ0) is 22.8. The fourth-order valence-corrected chi connectivity index (χ4v) is 4.84. The number of hydrogen-bond donors (Lipinski definition) is 0. The maximum Gasteiger partial charge on any atom is 0.306 e. The van der Waals surface area contributed by atoms with Gasteiger partial charge in [-0.25, -0.2) is 0 Å². The Balaban J connectivity index is 1.29. The summed E-state index contributed by atoms with van der Waals surface area (Å²) in [5, 5.41) is 1.53. The van der Waals surface area contributed by atoms with Gasteiger partial charge < -0.3 is 9.64 Å². The number of esters is 1. The molecule has 2 heterocycles. The quantitative estimate of drug-likeness (QED) is 0.513. The molecule has 0 aliphatic carbocycles. The summed E-state index contributed by atoms with van der Waals surface area (Å²) in [4.78, 5) is 53.2. The molecule has 0 aromatic heterocycles. The van der Waals surface area contributed by atoms with Crippen molar-refractivity contribution in [1.29, 1.82) is 0 Å². The second-order valence-corrected chi connectivity index (χ2v) is 8.98. The van der Waals surface area contributed by atoms with Crippen LogP contribution in [0.3, 0.4) is 0 Å². The van der Waals surface area contributed by atoms with Gasteiger partial charge in [0.25, 0.3) is 17.7 Å². The minimum absolute atomic E-state index is 0.0307. The number of likely N-dealkylation sites (tertiary alicyclic amines) is 1. The van der Waals surface area contributed by atoms with Crippen LogP contribution in [0.5, 0.6) is 0 Å².